The summed E-state index contributed by atoms with van der Waals surface area (Å²) in [7, 11) is 1.79. The maximum Gasteiger partial charge on any atom is 0.0881 e. The van der Waals surface area contributed by atoms with Crippen LogP contribution in [0.25, 0.3) is 0 Å². The van der Waals surface area contributed by atoms with Crippen LogP contribution in [0.3, 0.4) is 0 Å². The molecule has 2 rings (SSSR count). The highest BCUT2D eigenvalue weighted by Gasteiger charge is 2.16. The Morgan fingerprint density at radius 3 is 3.07 bits per heavy atom. The lowest BCUT2D eigenvalue weighted by molar-refractivity contribution is 1.12. The molecule has 72 valence electrons. The number of rotatable bonds is 2. The molecule has 2 aliphatic rings. The van der Waals surface area contributed by atoms with E-state index in [2.05, 4.69) is 22.1 Å². The summed E-state index contributed by atoms with van der Waals surface area (Å²) >= 11 is 0. The highest BCUT2D eigenvalue weighted by molar-refractivity contribution is 6.12. The van der Waals surface area contributed by atoms with Gasteiger partial charge in [0, 0.05) is 13.3 Å². The van der Waals surface area contributed by atoms with Gasteiger partial charge in [0.1, 0.15) is 0 Å². The number of aliphatic imine (C=N–C) groups is 2. The largest absolute Gasteiger partial charge is 0.286 e. The van der Waals surface area contributed by atoms with E-state index in [1.807, 2.05) is 18.2 Å². The highest BCUT2D eigenvalue weighted by Crippen LogP contribution is 2.30. The summed E-state index contributed by atoms with van der Waals surface area (Å²) in [6.07, 6.45) is 14.7. The van der Waals surface area contributed by atoms with Gasteiger partial charge in [0.05, 0.1) is 11.4 Å². The Labute approximate surface area is 84.5 Å². The molecule has 0 aromatic heterocycles. The molecule has 1 heterocycles. The van der Waals surface area contributed by atoms with E-state index in [0.29, 0.717) is 0 Å². The number of hydrogen-bond acceptors (Lipinski definition) is 2. The Kier molecular flexibility index (Phi) is 2.73. The van der Waals surface area contributed by atoms with Gasteiger partial charge < -0.3 is 0 Å². The second-order valence-electron chi connectivity index (χ2n) is 3.52. The third-order valence-corrected chi connectivity index (χ3v) is 2.32. The second-order valence-corrected chi connectivity index (χ2v) is 3.52. The van der Waals surface area contributed by atoms with Gasteiger partial charge in [0.15, 0.2) is 0 Å². The zero-order valence-electron chi connectivity index (χ0n) is 8.35. The molecule has 1 fully saturated rings. The van der Waals surface area contributed by atoms with E-state index in [9.17, 15) is 0 Å². The first kappa shape index (κ1) is 9.13. The van der Waals surface area contributed by atoms with Crippen molar-refractivity contribution in [3.63, 3.8) is 0 Å². The zero-order valence-corrected chi connectivity index (χ0v) is 8.35. The molecule has 1 saturated carbocycles. The minimum Gasteiger partial charge on any atom is -0.286 e. The van der Waals surface area contributed by atoms with E-state index < -0.39 is 0 Å². The van der Waals surface area contributed by atoms with Crippen molar-refractivity contribution in [1.82, 2.24) is 0 Å². The Hall–Kier alpha value is -1.44. The molecular weight excluding hydrogens is 172 g/mol. The fourth-order valence-electron chi connectivity index (χ4n) is 1.32. The summed E-state index contributed by atoms with van der Waals surface area (Å²) in [5.74, 6) is 0.817. The topological polar surface area (TPSA) is 24.7 Å². The average molecular weight is 186 g/mol. The molecule has 0 bridgehead atoms. The quantitative estimate of drug-likeness (QED) is 0.633. The second kappa shape index (κ2) is 4.18. The predicted molar refractivity (Wildman–Crippen MR) is 60.9 cm³/mol. The van der Waals surface area contributed by atoms with Gasteiger partial charge in [-0.25, -0.2) is 0 Å². The van der Waals surface area contributed by atoms with Crippen LogP contribution in [0.5, 0.6) is 0 Å². The van der Waals surface area contributed by atoms with Crippen LogP contribution in [0.1, 0.15) is 12.8 Å². The lowest BCUT2D eigenvalue weighted by Crippen LogP contribution is -2.00. The molecule has 0 radical (unpaired) electrons. The van der Waals surface area contributed by atoms with Crippen molar-refractivity contribution in [3.05, 3.63) is 36.1 Å². The Morgan fingerprint density at radius 1 is 1.50 bits per heavy atom. The van der Waals surface area contributed by atoms with Crippen LogP contribution >= 0.6 is 0 Å². The normalized spacial score (nSPS) is 26.9. The molecule has 1 aliphatic carbocycles. The van der Waals surface area contributed by atoms with E-state index in [0.717, 1.165) is 17.3 Å². The monoisotopic (exact) mass is 186 g/mol. The van der Waals surface area contributed by atoms with Gasteiger partial charge in [-0.15, -0.1) is 0 Å². The van der Waals surface area contributed by atoms with Gasteiger partial charge in [-0.2, -0.15) is 0 Å². The molecule has 0 N–H and O–H groups in total. The fourth-order valence-corrected chi connectivity index (χ4v) is 1.32. The van der Waals surface area contributed by atoms with E-state index in [1.54, 1.807) is 13.3 Å². The van der Waals surface area contributed by atoms with Crippen LogP contribution in [0.2, 0.25) is 0 Å². The van der Waals surface area contributed by atoms with Crippen LogP contribution < -0.4 is 0 Å². The van der Waals surface area contributed by atoms with Crippen molar-refractivity contribution >= 4 is 11.9 Å². The zero-order chi connectivity index (χ0) is 9.80. The minimum absolute atomic E-state index is 0.817. The summed E-state index contributed by atoms with van der Waals surface area (Å²) < 4.78 is 0. The van der Waals surface area contributed by atoms with Crippen LogP contribution in [-0.2, 0) is 0 Å². The highest BCUT2D eigenvalue weighted by atomic mass is 14.8. The van der Waals surface area contributed by atoms with Crippen LogP contribution in [0, 0.1) is 5.92 Å². The number of hydrogen-bond donors (Lipinski definition) is 0. The first-order valence-corrected chi connectivity index (χ1v) is 4.96. The smallest absolute Gasteiger partial charge is 0.0881 e. The SMILES string of the molecule is CN=C1C=CC=N/C1=C/C=C/C1CC1. The Balaban J connectivity index is 2.07. The molecule has 0 aromatic rings. The molecule has 2 nitrogen and oxygen atoms in total. The lowest BCUT2D eigenvalue weighted by atomic mass is 10.2. The molecule has 0 amide bonds. The van der Waals surface area contributed by atoms with Gasteiger partial charge in [0.25, 0.3) is 0 Å². The maximum absolute atomic E-state index is 4.27. The molecule has 1 aliphatic heterocycles. The number of nitrogens with zero attached hydrogens (tertiary/aromatic N) is 2. The van der Waals surface area contributed by atoms with Gasteiger partial charge in [-0.3, -0.25) is 9.98 Å². The van der Waals surface area contributed by atoms with Crippen molar-refractivity contribution in [2.75, 3.05) is 7.05 Å². The first-order valence-electron chi connectivity index (χ1n) is 4.96. The fraction of sp³-hybridized carbons (Fsp3) is 0.333. The van der Waals surface area contributed by atoms with E-state index in [4.69, 9.17) is 0 Å². The molecule has 0 atom stereocenters. The summed E-state index contributed by atoms with van der Waals surface area (Å²) in [5.41, 5.74) is 1.90. The molecular formula is C12H14N2. The van der Waals surface area contributed by atoms with Crippen molar-refractivity contribution in [1.29, 1.82) is 0 Å². The summed E-state index contributed by atoms with van der Waals surface area (Å²) in [6.45, 7) is 0. The van der Waals surface area contributed by atoms with E-state index in [-0.39, 0.29) is 0 Å². The first-order chi connectivity index (χ1) is 6.90. The number of dihydropyridines is 1. The minimum atomic E-state index is 0.817. The third-order valence-electron chi connectivity index (χ3n) is 2.32. The van der Waals surface area contributed by atoms with Gasteiger partial charge in [0.2, 0.25) is 0 Å². The van der Waals surface area contributed by atoms with Crippen molar-refractivity contribution in [2.45, 2.75) is 12.8 Å². The standard InChI is InChI=1S/C12H14N2/c1-13-11-6-3-9-14-12(11)5-2-4-10-7-8-10/h2-6,9-10H,7-8H2,1H3/b4-2+,12-5+,13-11?. The Morgan fingerprint density at radius 2 is 2.36 bits per heavy atom. The summed E-state index contributed by atoms with van der Waals surface area (Å²) in [5, 5.41) is 0. The van der Waals surface area contributed by atoms with Crippen molar-refractivity contribution in [2.24, 2.45) is 15.9 Å². The third kappa shape index (κ3) is 2.28. The Bertz CT molecular complexity index is 353. The van der Waals surface area contributed by atoms with Gasteiger partial charge >= 0.3 is 0 Å². The lowest BCUT2D eigenvalue weighted by Gasteiger charge is -2.02. The van der Waals surface area contributed by atoms with Gasteiger partial charge in [-0.1, -0.05) is 12.2 Å². The van der Waals surface area contributed by atoms with Crippen molar-refractivity contribution in [3.8, 4) is 0 Å². The predicted octanol–water partition coefficient (Wildman–Crippen LogP) is 2.55. The summed E-state index contributed by atoms with van der Waals surface area (Å²) in [4.78, 5) is 8.42. The molecule has 0 saturated heterocycles. The maximum atomic E-state index is 4.27. The van der Waals surface area contributed by atoms with E-state index in [1.165, 1.54) is 12.8 Å². The molecule has 14 heavy (non-hydrogen) atoms. The molecule has 0 unspecified atom stereocenters. The van der Waals surface area contributed by atoms with Crippen LogP contribution in [0.15, 0.2) is 46.1 Å². The van der Waals surface area contributed by atoms with Crippen molar-refractivity contribution < 1.29 is 0 Å². The van der Waals surface area contributed by atoms with Gasteiger partial charge in [-0.05, 0) is 37.0 Å². The molecule has 0 aromatic carbocycles. The summed E-state index contributed by atoms with van der Waals surface area (Å²) in [6, 6.07) is 0. The van der Waals surface area contributed by atoms with Crippen LogP contribution in [-0.4, -0.2) is 19.0 Å². The van der Waals surface area contributed by atoms with Crippen LogP contribution in [0.4, 0.5) is 0 Å². The molecule has 0 spiro atoms. The average Bonchev–Trinajstić information content (AvgIpc) is 3.03. The molecule has 2 heteroatoms. The number of allylic oxidation sites excluding steroid dienone is 5. The van der Waals surface area contributed by atoms with E-state index >= 15 is 0 Å².